The SMILES string of the molecule is Cc1cccc(NC(=O)CSc2nc3ccccc3n2C(=O)CCN2C(=O)/C(=C\c3ccc(F)cc3)SC2=S)c1. The summed E-state index contributed by atoms with van der Waals surface area (Å²) in [7, 11) is 0. The van der Waals surface area contributed by atoms with E-state index >= 15 is 0 Å². The first-order valence-electron chi connectivity index (χ1n) is 12.3. The summed E-state index contributed by atoms with van der Waals surface area (Å²) in [6.07, 6.45) is 1.65. The van der Waals surface area contributed by atoms with Gasteiger partial charge in [-0.3, -0.25) is 23.9 Å². The van der Waals surface area contributed by atoms with Crippen LogP contribution in [0, 0.1) is 12.7 Å². The molecule has 4 aromatic rings. The van der Waals surface area contributed by atoms with Gasteiger partial charge in [0.15, 0.2) is 5.16 Å². The fourth-order valence-electron chi connectivity index (χ4n) is 4.11. The van der Waals surface area contributed by atoms with Crippen molar-refractivity contribution in [2.45, 2.75) is 18.5 Å². The monoisotopic (exact) mass is 590 g/mol. The number of nitrogens with zero attached hydrogens (tertiary/aromatic N) is 3. The molecule has 0 bridgehead atoms. The fourth-order valence-corrected chi connectivity index (χ4v) is 6.25. The van der Waals surface area contributed by atoms with Crippen LogP contribution in [0.5, 0.6) is 0 Å². The van der Waals surface area contributed by atoms with Gasteiger partial charge in [-0.25, -0.2) is 9.37 Å². The second-order valence-corrected chi connectivity index (χ2v) is 11.6. The van der Waals surface area contributed by atoms with Gasteiger partial charge in [0, 0.05) is 18.7 Å². The summed E-state index contributed by atoms with van der Waals surface area (Å²) < 4.78 is 15.1. The van der Waals surface area contributed by atoms with Crippen molar-refractivity contribution in [1.82, 2.24) is 14.5 Å². The van der Waals surface area contributed by atoms with Gasteiger partial charge in [0.25, 0.3) is 5.91 Å². The number of benzene rings is 3. The van der Waals surface area contributed by atoms with Crippen molar-refractivity contribution < 1.29 is 18.8 Å². The molecule has 1 aromatic heterocycles. The molecule has 0 spiro atoms. The number of hydrogen-bond acceptors (Lipinski definition) is 7. The summed E-state index contributed by atoms with van der Waals surface area (Å²) >= 11 is 7.72. The molecule has 11 heteroatoms. The highest BCUT2D eigenvalue weighted by Crippen LogP contribution is 2.33. The third-order valence-electron chi connectivity index (χ3n) is 6.00. The van der Waals surface area contributed by atoms with Gasteiger partial charge in [-0.1, -0.05) is 72.1 Å². The number of hydrogen-bond donors (Lipinski definition) is 1. The van der Waals surface area contributed by atoms with E-state index in [1.165, 1.54) is 33.4 Å². The van der Waals surface area contributed by atoms with Gasteiger partial charge in [-0.2, -0.15) is 0 Å². The minimum absolute atomic E-state index is 0.000326. The Hall–Kier alpha value is -3.80. The normalized spacial score (nSPS) is 14.3. The third kappa shape index (κ3) is 6.33. The summed E-state index contributed by atoms with van der Waals surface area (Å²) in [6.45, 7) is 2.04. The maximum Gasteiger partial charge on any atom is 0.266 e. The predicted octanol–water partition coefficient (Wildman–Crippen LogP) is 6.15. The molecule has 0 radical (unpaired) electrons. The smallest absolute Gasteiger partial charge is 0.266 e. The molecule has 202 valence electrons. The number of thioether (sulfide) groups is 2. The van der Waals surface area contributed by atoms with Crippen LogP contribution in [0.2, 0.25) is 0 Å². The maximum atomic E-state index is 13.5. The lowest BCUT2D eigenvalue weighted by molar-refractivity contribution is -0.122. The number of amides is 2. The maximum absolute atomic E-state index is 13.5. The standard InChI is InChI=1S/C29H23FN4O3S3/c1-18-5-4-6-21(15-18)31-25(35)17-39-28-32-22-7-2-3-8-23(22)34(28)26(36)13-14-33-27(37)24(40-29(33)38)16-19-9-11-20(30)12-10-19/h2-12,15-16H,13-14,17H2,1H3,(H,31,35)/b24-16+. The summed E-state index contributed by atoms with van der Waals surface area (Å²) in [5, 5.41) is 3.26. The Labute approximate surface area is 243 Å². The number of nitrogens with one attached hydrogen (secondary N) is 1. The molecule has 2 heterocycles. The number of carbonyl (C=O) groups is 3. The van der Waals surface area contributed by atoms with Gasteiger partial charge < -0.3 is 5.32 Å². The van der Waals surface area contributed by atoms with E-state index in [-0.39, 0.29) is 42.3 Å². The second kappa shape index (κ2) is 12.2. The minimum Gasteiger partial charge on any atom is -0.325 e. The van der Waals surface area contributed by atoms with E-state index in [4.69, 9.17) is 12.2 Å². The molecule has 1 saturated heterocycles. The van der Waals surface area contributed by atoms with Crippen LogP contribution < -0.4 is 5.32 Å². The van der Waals surface area contributed by atoms with Gasteiger partial charge >= 0.3 is 0 Å². The van der Waals surface area contributed by atoms with E-state index in [1.54, 1.807) is 30.3 Å². The lowest BCUT2D eigenvalue weighted by Crippen LogP contribution is -2.31. The molecule has 1 fully saturated rings. The van der Waals surface area contributed by atoms with Gasteiger partial charge in [0.05, 0.1) is 21.7 Å². The number of rotatable bonds is 8. The molecule has 0 atom stereocenters. The van der Waals surface area contributed by atoms with Crippen LogP contribution in [0.25, 0.3) is 17.1 Å². The van der Waals surface area contributed by atoms with E-state index in [2.05, 4.69) is 10.3 Å². The van der Waals surface area contributed by atoms with E-state index < -0.39 is 0 Å². The van der Waals surface area contributed by atoms with Crippen molar-refractivity contribution >= 4 is 80.6 Å². The van der Waals surface area contributed by atoms with E-state index in [0.29, 0.717) is 36.7 Å². The summed E-state index contributed by atoms with van der Waals surface area (Å²) in [4.78, 5) is 45.5. The zero-order valence-corrected chi connectivity index (χ0v) is 23.7. The van der Waals surface area contributed by atoms with Crippen molar-refractivity contribution in [3.8, 4) is 0 Å². The molecule has 5 rings (SSSR count). The number of fused-ring (bicyclic) bond motifs is 1. The summed E-state index contributed by atoms with van der Waals surface area (Å²) in [5.74, 6) is -1.09. The molecule has 3 aromatic carbocycles. The topological polar surface area (TPSA) is 84.3 Å². The minimum atomic E-state index is -0.361. The van der Waals surface area contributed by atoms with Crippen molar-refractivity contribution in [2.24, 2.45) is 0 Å². The van der Waals surface area contributed by atoms with Crippen LogP contribution in [-0.2, 0) is 9.59 Å². The van der Waals surface area contributed by atoms with Gasteiger partial charge in [-0.05, 0) is 60.5 Å². The Kier molecular flexibility index (Phi) is 8.43. The van der Waals surface area contributed by atoms with E-state index in [0.717, 1.165) is 17.3 Å². The second-order valence-electron chi connectivity index (χ2n) is 8.95. The average Bonchev–Trinajstić information content (AvgIpc) is 3.43. The summed E-state index contributed by atoms with van der Waals surface area (Å²) in [6, 6.07) is 20.6. The van der Waals surface area contributed by atoms with Crippen LogP contribution in [0.15, 0.2) is 82.9 Å². The molecule has 0 saturated carbocycles. The number of halogens is 1. The number of thiocarbonyl (C=S) groups is 1. The summed E-state index contributed by atoms with van der Waals surface area (Å²) in [5.41, 5.74) is 3.66. The van der Waals surface area contributed by atoms with E-state index in [9.17, 15) is 18.8 Å². The van der Waals surface area contributed by atoms with Gasteiger partial charge in [0.1, 0.15) is 10.1 Å². The Bertz CT molecular complexity index is 1670. The van der Waals surface area contributed by atoms with Crippen molar-refractivity contribution in [3.63, 3.8) is 0 Å². The molecule has 40 heavy (non-hydrogen) atoms. The first-order valence-corrected chi connectivity index (χ1v) is 14.5. The third-order valence-corrected chi connectivity index (χ3v) is 8.32. The largest absolute Gasteiger partial charge is 0.325 e. The molecule has 1 aliphatic heterocycles. The Morgan fingerprint density at radius 1 is 1.10 bits per heavy atom. The highest BCUT2D eigenvalue weighted by Gasteiger charge is 2.32. The predicted molar refractivity (Wildman–Crippen MR) is 162 cm³/mol. The van der Waals surface area contributed by atoms with Crippen molar-refractivity contribution in [3.05, 3.63) is 94.6 Å². The average molecular weight is 591 g/mol. The first kappa shape index (κ1) is 27.8. The molecule has 0 aliphatic carbocycles. The first-order chi connectivity index (χ1) is 19.3. The van der Waals surface area contributed by atoms with E-state index in [1.807, 2.05) is 43.3 Å². The lowest BCUT2D eigenvalue weighted by Gasteiger charge is -2.15. The fraction of sp³-hybridized carbons (Fsp3) is 0.138. The quantitative estimate of drug-likeness (QED) is 0.150. The van der Waals surface area contributed by atoms with Crippen LogP contribution in [0.4, 0.5) is 10.1 Å². The Balaban J connectivity index is 1.28. The number of aryl methyl sites for hydroxylation is 1. The highest BCUT2D eigenvalue weighted by molar-refractivity contribution is 8.26. The number of para-hydroxylation sites is 2. The highest BCUT2D eigenvalue weighted by atomic mass is 32.2. The number of anilines is 1. The van der Waals surface area contributed by atoms with Crippen LogP contribution in [0.1, 0.15) is 22.3 Å². The van der Waals surface area contributed by atoms with Crippen LogP contribution >= 0.6 is 35.7 Å². The molecular weight excluding hydrogens is 568 g/mol. The molecule has 2 amide bonds. The molecule has 0 unspecified atom stereocenters. The zero-order chi connectivity index (χ0) is 28.2. The van der Waals surface area contributed by atoms with Gasteiger partial charge in [0.2, 0.25) is 11.8 Å². The van der Waals surface area contributed by atoms with Crippen LogP contribution in [-0.4, -0.2) is 48.8 Å². The van der Waals surface area contributed by atoms with Crippen molar-refractivity contribution in [2.75, 3.05) is 17.6 Å². The molecule has 1 N–H and O–H groups in total. The van der Waals surface area contributed by atoms with Crippen molar-refractivity contribution in [1.29, 1.82) is 0 Å². The lowest BCUT2D eigenvalue weighted by atomic mass is 10.2. The molecule has 1 aliphatic rings. The van der Waals surface area contributed by atoms with Crippen LogP contribution in [0.3, 0.4) is 0 Å². The Morgan fingerprint density at radius 2 is 1.88 bits per heavy atom. The molecule has 7 nitrogen and oxygen atoms in total. The number of aromatic nitrogens is 2. The number of imidazole rings is 1. The Morgan fingerprint density at radius 3 is 2.65 bits per heavy atom. The van der Waals surface area contributed by atoms with Gasteiger partial charge in [-0.15, -0.1) is 0 Å². The zero-order valence-electron chi connectivity index (χ0n) is 21.3. The molecular formula is C29H23FN4O3S3. The number of carbonyl (C=O) groups excluding carboxylic acids is 3.